The Morgan fingerprint density at radius 1 is 0.346 bits per heavy atom. The van der Waals surface area contributed by atoms with Crippen LogP contribution in [-0.2, 0) is 80.4 Å². The van der Waals surface area contributed by atoms with E-state index in [-0.39, 0.29) is 110 Å². The van der Waals surface area contributed by atoms with Crippen LogP contribution in [0.3, 0.4) is 0 Å². The molecule has 0 aliphatic heterocycles. The Morgan fingerprint density at radius 3 is 1.23 bits per heavy atom. The molecule has 0 saturated carbocycles. The summed E-state index contributed by atoms with van der Waals surface area (Å²) in [5.74, 6) is 0.855. The third-order valence-corrected chi connectivity index (χ3v) is 12.5. The molecule has 0 spiro atoms. The van der Waals surface area contributed by atoms with E-state index in [1.165, 1.54) is 16.7 Å². The SMILES string of the molecule is COc1ccccc1-c1ccc(-c2[c-]cccc2)nc1.Cc1ccccc1-c1ccc(-c2[c-]cccc2)nc1.[2H]c1[c-]c(-c2ccc(-c3c(C)cccc3C)cn2)c([2H])c([2H])c1[2H].[Ir].[Ir].[Ir].[Ir].[c-]1ccccc1-c1ccc(-c2ccccc2)cn1. The molecule has 0 amide bonds. The summed E-state index contributed by atoms with van der Waals surface area (Å²) >= 11 is 0. The Hall–Kier alpha value is -7.24. The van der Waals surface area contributed by atoms with Gasteiger partial charge in [-0.05, 0) is 102 Å². The molecule has 410 valence electrons. The number of rotatable bonds is 9. The zero-order chi connectivity index (χ0) is 56.5. The summed E-state index contributed by atoms with van der Waals surface area (Å²) in [5, 5.41) is 0. The molecule has 0 aliphatic carbocycles. The fraction of sp³-hybridized carbons (Fsp3) is 0.0556. The van der Waals surface area contributed by atoms with Crippen LogP contribution >= 0.6 is 0 Å². The smallest absolute Gasteiger partial charge is 0.126 e. The van der Waals surface area contributed by atoms with Gasteiger partial charge in [-0.15, -0.1) is 143 Å². The zero-order valence-electron chi connectivity index (χ0n) is 48.6. The Labute approximate surface area is 537 Å². The topological polar surface area (TPSA) is 60.8 Å². The summed E-state index contributed by atoms with van der Waals surface area (Å²) in [7, 11) is 1.68. The molecule has 0 saturated heterocycles. The van der Waals surface area contributed by atoms with Crippen molar-refractivity contribution in [1.82, 2.24) is 19.9 Å². The van der Waals surface area contributed by atoms with Gasteiger partial charge < -0.3 is 24.7 Å². The van der Waals surface area contributed by atoms with Gasteiger partial charge in [-0.1, -0.05) is 140 Å². The van der Waals surface area contributed by atoms with Crippen LogP contribution in [0.4, 0.5) is 0 Å². The molecular weight excluding hydrogens is 1710 g/mol. The number of nitrogens with zero attached hydrogens (tertiary/aromatic N) is 4. The molecular formula is C72H56Ir4N4O-4. The predicted octanol–water partition coefficient (Wildman–Crippen LogP) is 17.8. The van der Waals surface area contributed by atoms with Crippen molar-refractivity contribution in [2.24, 2.45) is 0 Å². The van der Waals surface area contributed by atoms with E-state index < -0.39 is 0 Å². The van der Waals surface area contributed by atoms with E-state index in [1.54, 1.807) is 19.4 Å². The minimum Gasteiger partial charge on any atom is -0.496 e. The second kappa shape index (κ2) is 33.5. The molecule has 0 aliphatic rings. The van der Waals surface area contributed by atoms with Gasteiger partial charge in [-0.2, -0.15) is 0 Å². The molecule has 8 aromatic carbocycles. The van der Waals surface area contributed by atoms with Crippen molar-refractivity contribution in [1.29, 1.82) is 0 Å². The Balaban J connectivity index is 0.000000205. The number of aromatic nitrogens is 4. The monoisotopic (exact) mass is 1770 g/mol. The quantitative estimate of drug-likeness (QED) is 0.135. The first-order valence-corrected chi connectivity index (χ1v) is 25.1. The van der Waals surface area contributed by atoms with Crippen molar-refractivity contribution in [2.45, 2.75) is 20.8 Å². The Bertz CT molecular complexity index is 3890. The first kappa shape index (κ1) is 58.4. The fourth-order valence-electron chi connectivity index (χ4n) is 8.55. The van der Waals surface area contributed by atoms with Crippen LogP contribution in [0.5, 0.6) is 5.75 Å². The standard InChI is InChI=1S/C19H16N.C18H14NO.C18H14N.C17H12N.4Ir/c1-14-7-6-8-15(2)19(14)17-11-12-18(20-13-17)16-9-4-3-5-10-16;1-20-18-10-6-5-9-16(18)15-11-12-17(19-13-15)14-7-3-2-4-8-14;1-14-7-5-6-10-17(14)16-11-12-18(19-13-16)15-8-3-2-4-9-15;1-3-7-14(8-4-1)16-11-12-17(18-13-16)15-9-5-2-6-10-15;;;;/h3-9,11-13H,1-2H3;2-7,9-13H,1H3;2-8,10-13H,1H3;1-9,11-13H;;;;/q4*-1;;;;/i3D,4D,5D,9D;;;;;;;. The molecule has 0 fully saturated rings. The van der Waals surface area contributed by atoms with Crippen LogP contribution in [0, 0.1) is 45.0 Å². The summed E-state index contributed by atoms with van der Waals surface area (Å²) < 4.78 is 36.4. The number of hydrogen-bond donors (Lipinski definition) is 0. The molecule has 12 rings (SSSR count). The minimum atomic E-state index is -0.282. The molecule has 4 radical (unpaired) electrons. The summed E-state index contributed by atoms with van der Waals surface area (Å²) in [6.45, 7) is 6.23. The normalized spacial score (nSPS) is 10.5. The van der Waals surface area contributed by atoms with Gasteiger partial charge >= 0.3 is 0 Å². The molecule has 4 aromatic heterocycles. The number of ether oxygens (including phenoxy) is 1. The summed E-state index contributed by atoms with van der Waals surface area (Å²) in [4.78, 5) is 17.9. The van der Waals surface area contributed by atoms with Gasteiger partial charge in [0.25, 0.3) is 0 Å². The molecule has 0 N–H and O–H groups in total. The molecule has 0 unspecified atom stereocenters. The molecule has 4 heterocycles. The van der Waals surface area contributed by atoms with E-state index in [0.29, 0.717) is 5.69 Å². The fourth-order valence-corrected chi connectivity index (χ4v) is 8.55. The van der Waals surface area contributed by atoms with Crippen molar-refractivity contribution in [3.63, 3.8) is 0 Å². The van der Waals surface area contributed by atoms with Crippen LogP contribution in [-0.4, -0.2) is 27.0 Å². The molecule has 9 heteroatoms. The maximum atomic E-state index is 7.99. The van der Waals surface area contributed by atoms with Crippen LogP contribution in [0.15, 0.2) is 267 Å². The van der Waals surface area contributed by atoms with E-state index in [0.717, 1.165) is 84.0 Å². The second-order valence-corrected chi connectivity index (χ2v) is 17.7. The van der Waals surface area contributed by atoms with Crippen LogP contribution < -0.4 is 4.74 Å². The van der Waals surface area contributed by atoms with E-state index in [1.807, 2.05) is 164 Å². The molecule has 0 bridgehead atoms. The van der Waals surface area contributed by atoms with Gasteiger partial charge in [0, 0.05) is 119 Å². The van der Waals surface area contributed by atoms with Crippen molar-refractivity contribution in [3.8, 4) is 95.3 Å². The van der Waals surface area contributed by atoms with Crippen LogP contribution in [0.1, 0.15) is 22.2 Å². The minimum absolute atomic E-state index is 0. The van der Waals surface area contributed by atoms with Crippen molar-refractivity contribution < 1.29 is 90.6 Å². The number of hydrogen-bond acceptors (Lipinski definition) is 5. The van der Waals surface area contributed by atoms with Crippen molar-refractivity contribution in [2.75, 3.05) is 7.11 Å². The maximum Gasteiger partial charge on any atom is 0.126 e. The van der Waals surface area contributed by atoms with E-state index >= 15 is 0 Å². The third-order valence-electron chi connectivity index (χ3n) is 12.5. The van der Waals surface area contributed by atoms with Gasteiger partial charge in [0.1, 0.15) is 5.75 Å². The average molecular weight is 1770 g/mol. The van der Waals surface area contributed by atoms with Gasteiger partial charge in [0.15, 0.2) is 0 Å². The summed E-state index contributed by atoms with van der Waals surface area (Å²) in [6, 6.07) is 83.8. The molecule has 81 heavy (non-hydrogen) atoms. The summed E-state index contributed by atoms with van der Waals surface area (Å²) in [6.07, 6.45) is 7.44. The third kappa shape index (κ3) is 17.9. The van der Waals surface area contributed by atoms with Crippen molar-refractivity contribution >= 4 is 0 Å². The van der Waals surface area contributed by atoms with Gasteiger partial charge in [0.2, 0.25) is 0 Å². The van der Waals surface area contributed by atoms with E-state index in [4.69, 9.17) is 10.2 Å². The predicted molar refractivity (Wildman–Crippen MR) is 317 cm³/mol. The number of para-hydroxylation sites is 1. The number of pyridine rings is 4. The molecule has 5 nitrogen and oxygen atoms in total. The van der Waals surface area contributed by atoms with Gasteiger partial charge in [0.05, 0.1) is 7.11 Å². The Morgan fingerprint density at radius 2 is 0.765 bits per heavy atom. The molecule has 0 atom stereocenters. The summed E-state index contributed by atoms with van der Waals surface area (Å²) in [5.41, 5.74) is 19.2. The maximum absolute atomic E-state index is 7.99. The van der Waals surface area contributed by atoms with Crippen molar-refractivity contribution in [3.05, 3.63) is 308 Å². The van der Waals surface area contributed by atoms with E-state index in [2.05, 4.69) is 132 Å². The number of methoxy groups -OCH3 is 1. The largest absolute Gasteiger partial charge is 0.496 e. The second-order valence-electron chi connectivity index (χ2n) is 17.7. The van der Waals surface area contributed by atoms with E-state index in [9.17, 15) is 0 Å². The van der Waals surface area contributed by atoms with Gasteiger partial charge in [-0.3, -0.25) is 0 Å². The average Bonchev–Trinajstić information content (AvgIpc) is 3.60. The molecule has 12 aromatic rings. The van der Waals surface area contributed by atoms with Gasteiger partial charge in [-0.25, -0.2) is 0 Å². The zero-order valence-corrected chi connectivity index (χ0v) is 54.2. The van der Waals surface area contributed by atoms with Crippen LogP contribution in [0.2, 0.25) is 0 Å². The number of benzene rings is 8. The number of aryl methyl sites for hydroxylation is 3. The Kier molecular flexibility index (Phi) is 24.2. The van der Waals surface area contributed by atoms with Crippen LogP contribution in [0.25, 0.3) is 89.5 Å². The first-order chi connectivity index (χ1) is 39.6. The first-order valence-electron chi connectivity index (χ1n) is 27.1.